The summed E-state index contributed by atoms with van der Waals surface area (Å²) in [6, 6.07) is 10.3. The second-order valence-electron chi connectivity index (χ2n) is 9.66. The van der Waals surface area contributed by atoms with Gasteiger partial charge in [0.2, 0.25) is 0 Å². The van der Waals surface area contributed by atoms with Crippen molar-refractivity contribution < 1.29 is 27.5 Å². The van der Waals surface area contributed by atoms with E-state index in [1.165, 1.54) is 14.2 Å². The maximum absolute atomic E-state index is 13.7. The van der Waals surface area contributed by atoms with Crippen molar-refractivity contribution in [1.82, 2.24) is 29.4 Å². The minimum atomic E-state index is -4.86. The number of ether oxygens (including phenoxy) is 1. The molecule has 5 rings (SSSR count). The first-order chi connectivity index (χ1) is 19.0. The predicted octanol–water partition coefficient (Wildman–Crippen LogP) is 4.49. The van der Waals surface area contributed by atoms with Crippen LogP contribution in [-0.2, 0) is 13.2 Å². The molecule has 0 spiro atoms. The molecule has 1 aliphatic heterocycles. The Morgan fingerprint density at radius 1 is 1.20 bits per heavy atom. The number of fused-ring (bicyclic) bond motifs is 1. The Balaban J connectivity index is 1.44. The van der Waals surface area contributed by atoms with Crippen LogP contribution < -0.4 is 10.1 Å². The monoisotopic (exact) mass is 574 g/mol. The van der Waals surface area contributed by atoms with Crippen molar-refractivity contribution in [3.63, 3.8) is 0 Å². The third-order valence-corrected chi connectivity index (χ3v) is 7.57. The van der Waals surface area contributed by atoms with Gasteiger partial charge in [-0.3, -0.25) is 14.3 Å². The lowest BCUT2D eigenvalue weighted by Gasteiger charge is -2.39. The number of aromatic nitrogens is 4. The average molecular weight is 575 g/mol. The Morgan fingerprint density at radius 3 is 2.60 bits per heavy atom. The highest BCUT2D eigenvalue weighted by Gasteiger charge is 2.42. The van der Waals surface area contributed by atoms with Crippen LogP contribution in [0.5, 0.6) is 5.75 Å². The van der Waals surface area contributed by atoms with Gasteiger partial charge in [-0.2, -0.15) is 18.3 Å². The number of alkyl halides is 3. The number of pyridine rings is 1. The number of aryl methyl sites for hydroxylation is 2. The Morgan fingerprint density at radius 2 is 1.93 bits per heavy atom. The maximum atomic E-state index is 13.7. The van der Waals surface area contributed by atoms with E-state index in [9.17, 15) is 22.8 Å². The van der Waals surface area contributed by atoms with Crippen LogP contribution in [0.1, 0.15) is 50.0 Å². The van der Waals surface area contributed by atoms with Crippen molar-refractivity contribution in [2.24, 2.45) is 7.05 Å². The summed E-state index contributed by atoms with van der Waals surface area (Å²) < 4.78 is 48.9. The van der Waals surface area contributed by atoms with Crippen molar-refractivity contribution >= 4 is 29.1 Å². The number of likely N-dealkylation sites (tertiary alicyclic amines) is 1. The minimum absolute atomic E-state index is 0.226. The van der Waals surface area contributed by atoms with E-state index in [1.807, 2.05) is 37.3 Å². The van der Waals surface area contributed by atoms with E-state index in [-0.39, 0.29) is 19.0 Å². The van der Waals surface area contributed by atoms with Crippen LogP contribution in [0.3, 0.4) is 0 Å². The van der Waals surface area contributed by atoms with E-state index in [0.29, 0.717) is 23.4 Å². The normalized spacial score (nSPS) is 17.7. The Kier molecular flexibility index (Phi) is 7.21. The molecular weight excluding hydrogens is 549 g/mol. The lowest BCUT2D eigenvalue weighted by atomic mass is 9.85. The van der Waals surface area contributed by atoms with Crippen LogP contribution in [-0.4, -0.2) is 62.1 Å². The van der Waals surface area contributed by atoms with Crippen LogP contribution in [0.2, 0.25) is 5.15 Å². The van der Waals surface area contributed by atoms with E-state index >= 15 is 0 Å². The molecule has 1 aromatic carbocycles. The topological polar surface area (TPSA) is 93.8 Å². The quantitative estimate of drug-likeness (QED) is 0.379. The molecule has 9 nitrogen and oxygen atoms in total. The minimum Gasteiger partial charge on any atom is -0.493 e. The van der Waals surface area contributed by atoms with E-state index in [2.05, 4.69) is 15.4 Å². The summed E-state index contributed by atoms with van der Waals surface area (Å²) in [4.78, 5) is 32.9. The molecule has 0 radical (unpaired) electrons. The molecule has 0 unspecified atom stereocenters. The first-order valence-electron chi connectivity index (χ1n) is 12.5. The molecule has 3 aromatic heterocycles. The summed E-state index contributed by atoms with van der Waals surface area (Å²) >= 11 is 6.06. The standard InChI is InChI=1S/C27H26ClF3N6O3/c1-15-12-32-24-20(40-3)11-17(13-37(15)24)26(39)36-10-9-19(18(14-36)16-7-5-4-6-8-16)33-25(38)21-22(27(29,30)31)34-35(2)23(21)28/h4-8,11-13,18-19H,9-10,14H2,1-3H3,(H,33,38)/t18-,19-/m1/s1. The highest BCUT2D eigenvalue weighted by atomic mass is 35.5. The molecule has 1 fully saturated rings. The van der Waals surface area contributed by atoms with Crippen LogP contribution in [0.25, 0.3) is 5.65 Å². The zero-order chi connectivity index (χ0) is 28.8. The molecule has 1 saturated heterocycles. The van der Waals surface area contributed by atoms with E-state index in [4.69, 9.17) is 16.3 Å². The smallest absolute Gasteiger partial charge is 0.436 e. The number of methoxy groups -OCH3 is 1. The van der Waals surface area contributed by atoms with Crippen molar-refractivity contribution in [2.45, 2.75) is 31.5 Å². The Hall–Kier alpha value is -4.06. The molecule has 4 aromatic rings. The number of hydrogen-bond donors (Lipinski definition) is 1. The summed E-state index contributed by atoms with van der Waals surface area (Å²) in [7, 11) is 2.74. The van der Waals surface area contributed by atoms with Gasteiger partial charge in [0.25, 0.3) is 11.8 Å². The van der Waals surface area contributed by atoms with Gasteiger partial charge in [-0.1, -0.05) is 41.9 Å². The number of carbonyl (C=O) groups is 2. The maximum Gasteiger partial charge on any atom is 0.436 e. The van der Waals surface area contributed by atoms with Crippen molar-refractivity contribution in [3.8, 4) is 5.75 Å². The summed E-state index contributed by atoms with van der Waals surface area (Å²) in [5.74, 6) is -1.15. The molecule has 2 amide bonds. The van der Waals surface area contributed by atoms with Gasteiger partial charge in [-0.25, -0.2) is 4.98 Å². The number of hydrogen-bond acceptors (Lipinski definition) is 5. The number of amides is 2. The molecule has 0 bridgehead atoms. The predicted molar refractivity (Wildman–Crippen MR) is 141 cm³/mol. The summed E-state index contributed by atoms with van der Waals surface area (Å²) in [6.45, 7) is 2.36. The molecule has 210 valence electrons. The van der Waals surface area contributed by atoms with Gasteiger partial charge in [0.1, 0.15) is 10.7 Å². The molecule has 4 heterocycles. The number of nitrogens with zero attached hydrogens (tertiary/aromatic N) is 5. The number of imidazole rings is 1. The van der Waals surface area contributed by atoms with Gasteiger partial charge in [0.05, 0.1) is 12.7 Å². The van der Waals surface area contributed by atoms with Crippen LogP contribution in [0, 0.1) is 6.92 Å². The fourth-order valence-electron chi connectivity index (χ4n) is 5.11. The molecule has 0 saturated carbocycles. The van der Waals surface area contributed by atoms with Crippen LogP contribution in [0.4, 0.5) is 13.2 Å². The van der Waals surface area contributed by atoms with E-state index < -0.39 is 40.5 Å². The first kappa shape index (κ1) is 27.5. The van der Waals surface area contributed by atoms with E-state index in [1.54, 1.807) is 27.8 Å². The van der Waals surface area contributed by atoms with Crippen LogP contribution >= 0.6 is 11.6 Å². The van der Waals surface area contributed by atoms with Crippen molar-refractivity contribution in [2.75, 3.05) is 20.2 Å². The van der Waals surface area contributed by atoms with E-state index in [0.717, 1.165) is 15.9 Å². The first-order valence-corrected chi connectivity index (χ1v) is 12.8. The second kappa shape index (κ2) is 10.5. The van der Waals surface area contributed by atoms with Gasteiger partial charge < -0.3 is 19.4 Å². The average Bonchev–Trinajstić information content (AvgIpc) is 3.47. The zero-order valence-corrected chi connectivity index (χ0v) is 22.6. The third kappa shape index (κ3) is 4.99. The number of carbonyl (C=O) groups excluding carboxylic acids is 2. The lowest BCUT2D eigenvalue weighted by molar-refractivity contribution is -0.141. The number of halogens is 4. The molecule has 0 aliphatic carbocycles. The van der Waals surface area contributed by atoms with Gasteiger partial charge in [0, 0.05) is 50.2 Å². The zero-order valence-electron chi connectivity index (χ0n) is 21.9. The highest BCUT2D eigenvalue weighted by molar-refractivity contribution is 6.33. The van der Waals surface area contributed by atoms with Gasteiger partial charge in [0.15, 0.2) is 17.1 Å². The molecule has 2 atom stereocenters. The SMILES string of the molecule is COc1cc(C(=O)N2CC[C@@H](NC(=O)c3c(C(F)(F)F)nn(C)c3Cl)[C@@H](c3ccccc3)C2)cn2c(C)cnc12. The van der Waals surface area contributed by atoms with Gasteiger partial charge in [-0.05, 0) is 25.0 Å². The fraction of sp³-hybridized carbons (Fsp3) is 0.333. The number of piperidine rings is 1. The summed E-state index contributed by atoms with van der Waals surface area (Å²) in [5, 5.41) is 5.75. The molecule has 1 aliphatic rings. The highest BCUT2D eigenvalue weighted by Crippen LogP contribution is 2.35. The number of benzene rings is 1. The molecule has 13 heteroatoms. The van der Waals surface area contributed by atoms with Crippen molar-refractivity contribution in [1.29, 1.82) is 0 Å². The van der Waals surface area contributed by atoms with Gasteiger partial charge in [-0.15, -0.1) is 0 Å². The van der Waals surface area contributed by atoms with Crippen LogP contribution in [0.15, 0.2) is 48.8 Å². The molecule has 40 heavy (non-hydrogen) atoms. The molecular formula is C27H26ClF3N6O3. The lowest BCUT2D eigenvalue weighted by Crippen LogP contribution is -2.51. The van der Waals surface area contributed by atoms with Gasteiger partial charge >= 0.3 is 6.18 Å². The largest absolute Gasteiger partial charge is 0.493 e. The summed E-state index contributed by atoms with van der Waals surface area (Å²) in [5.41, 5.74) is 0.582. The third-order valence-electron chi connectivity index (χ3n) is 7.14. The Labute approximate surface area is 232 Å². The van der Waals surface area contributed by atoms with Crippen molar-refractivity contribution in [3.05, 3.63) is 82.0 Å². The number of nitrogens with one attached hydrogen (secondary N) is 1. The number of rotatable bonds is 5. The fourth-order valence-corrected chi connectivity index (χ4v) is 5.33. The summed E-state index contributed by atoms with van der Waals surface area (Å²) in [6.07, 6.45) is -1.16. The Bertz CT molecular complexity index is 1580. The second-order valence-corrected chi connectivity index (χ2v) is 10.0. The molecule has 1 N–H and O–H groups in total.